The first-order valence-corrected chi connectivity index (χ1v) is 6.47. The van der Waals surface area contributed by atoms with E-state index in [0.29, 0.717) is 6.42 Å². The number of hydrogen-bond acceptors (Lipinski definition) is 2. The van der Waals surface area contributed by atoms with Gasteiger partial charge in [-0.25, -0.2) is 0 Å². The van der Waals surface area contributed by atoms with Crippen molar-refractivity contribution in [2.24, 2.45) is 0 Å². The van der Waals surface area contributed by atoms with Gasteiger partial charge in [-0.1, -0.05) is 24.3 Å². The van der Waals surface area contributed by atoms with Crippen molar-refractivity contribution in [1.29, 1.82) is 0 Å². The van der Waals surface area contributed by atoms with Gasteiger partial charge >= 0.3 is 12.1 Å². The second-order valence-electron chi connectivity index (χ2n) is 4.53. The van der Waals surface area contributed by atoms with Crippen molar-refractivity contribution < 1.29 is 22.8 Å². The van der Waals surface area contributed by atoms with E-state index in [1.807, 2.05) is 31.2 Å². The molecular formula is C14H17F3N2O2. The fourth-order valence-corrected chi connectivity index (χ4v) is 1.71. The molecule has 116 valence electrons. The second-order valence-corrected chi connectivity index (χ2v) is 4.53. The van der Waals surface area contributed by atoms with E-state index in [4.69, 9.17) is 0 Å². The van der Waals surface area contributed by atoms with Gasteiger partial charge in [0.2, 0.25) is 5.91 Å². The largest absolute Gasteiger partial charge is 0.471 e. The molecule has 0 aliphatic rings. The Balaban J connectivity index is 2.21. The standard InChI is InChI=1S/C14H17F3N2O2/c1-10-4-2-3-5-11(10)6-7-12(20)18-8-9-19-13(21)14(15,16)17/h2-5H,6-9H2,1H3,(H,18,20)(H,19,21). The normalized spacial score (nSPS) is 11.0. The van der Waals surface area contributed by atoms with Gasteiger partial charge in [0, 0.05) is 19.5 Å². The summed E-state index contributed by atoms with van der Waals surface area (Å²) in [5, 5.41) is 4.14. The van der Waals surface area contributed by atoms with Gasteiger partial charge in [0.1, 0.15) is 0 Å². The van der Waals surface area contributed by atoms with Crippen LogP contribution in [-0.4, -0.2) is 31.1 Å². The molecular weight excluding hydrogens is 285 g/mol. The van der Waals surface area contributed by atoms with E-state index in [-0.39, 0.29) is 25.4 Å². The van der Waals surface area contributed by atoms with Gasteiger partial charge in [-0.2, -0.15) is 13.2 Å². The average molecular weight is 302 g/mol. The highest BCUT2D eigenvalue weighted by Crippen LogP contribution is 2.13. The van der Waals surface area contributed by atoms with Gasteiger partial charge in [0.15, 0.2) is 0 Å². The molecule has 2 amide bonds. The zero-order valence-electron chi connectivity index (χ0n) is 11.6. The molecule has 2 N–H and O–H groups in total. The summed E-state index contributed by atoms with van der Waals surface area (Å²) in [4.78, 5) is 22.0. The Morgan fingerprint density at radius 3 is 2.33 bits per heavy atom. The van der Waals surface area contributed by atoms with Crippen LogP contribution in [0.3, 0.4) is 0 Å². The van der Waals surface area contributed by atoms with Gasteiger partial charge in [-0.05, 0) is 24.5 Å². The van der Waals surface area contributed by atoms with Gasteiger partial charge in [-0.3, -0.25) is 9.59 Å². The number of benzene rings is 1. The van der Waals surface area contributed by atoms with E-state index in [1.54, 1.807) is 5.32 Å². The van der Waals surface area contributed by atoms with Crippen LogP contribution in [0.5, 0.6) is 0 Å². The molecule has 0 spiro atoms. The second kappa shape index (κ2) is 7.66. The molecule has 0 fully saturated rings. The van der Waals surface area contributed by atoms with Crippen LogP contribution < -0.4 is 10.6 Å². The molecule has 7 heteroatoms. The Morgan fingerprint density at radius 2 is 1.71 bits per heavy atom. The third-order valence-corrected chi connectivity index (χ3v) is 2.87. The summed E-state index contributed by atoms with van der Waals surface area (Å²) >= 11 is 0. The summed E-state index contributed by atoms with van der Waals surface area (Å²) in [7, 11) is 0. The molecule has 1 aromatic rings. The first-order chi connectivity index (χ1) is 9.80. The monoisotopic (exact) mass is 302 g/mol. The minimum atomic E-state index is -4.89. The molecule has 0 radical (unpaired) electrons. The van der Waals surface area contributed by atoms with Crippen molar-refractivity contribution in [3.8, 4) is 0 Å². The maximum atomic E-state index is 11.9. The number of alkyl halides is 3. The van der Waals surface area contributed by atoms with E-state index < -0.39 is 12.1 Å². The summed E-state index contributed by atoms with van der Waals surface area (Å²) < 4.78 is 35.6. The number of rotatable bonds is 6. The Kier molecular flexibility index (Phi) is 6.20. The van der Waals surface area contributed by atoms with Crippen molar-refractivity contribution in [3.63, 3.8) is 0 Å². The predicted molar refractivity (Wildman–Crippen MR) is 71.6 cm³/mol. The quantitative estimate of drug-likeness (QED) is 0.786. The van der Waals surface area contributed by atoms with Gasteiger partial charge in [0.25, 0.3) is 0 Å². The Bertz CT molecular complexity index is 501. The molecule has 0 unspecified atom stereocenters. The zero-order valence-corrected chi connectivity index (χ0v) is 11.6. The van der Waals surface area contributed by atoms with Crippen LogP contribution in [-0.2, 0) is 16.0 Å². The molecule has 0 saturated heterocycles. The van der Waals surface area contributed by atoms with Crippen molar-refractivity contribution in [3.05, 3.63) is 35.4 Å². The molecule has 0 atom stereocenters. The number of aryl methyl sites for hydroxylation is 2. The number of amides is 2. The number of hydrogen-bond donors (Lipinski definition) is 2. The van der Waals surface area contributed by atoms with Gasteiger partial charge < -0.3 is 10.6 Å². The fraction of sp³-hybridized carbons (Fsp3) is 0.429. The Morgan fingerprint density at radius 1 is 1.10 bits per heavy atom. The summed E-state index contributed by atoms with van der Waals surface area (Å²) in [5.41, 5.74) is 2.14. The summed E-state index contributed by atoms with van der Waals surface area (Å²) in [6, 6.07) is 7.65. The molecule has 1 aromatic carbocycles. The highest BCUT2D eigenvalue weighted by Gasteiger charge is 2.38. The van der Waals surface area contributed by atoms with Crippen LogP contribution in [0.4, 0.5) is 13.2 Å². The lowest BCUT2D eigenvalue weighted by molar-refractivity contribution is -0.173. The third kappa shape index (κ3) is 6.29. The Labute approximate surface area is 120 Å². The van der Waals surface area contributed by atoms with E-state index in [1.165, 1.54) is 0 Å². The van der Waals surface area contributed by atoms with Crippen LogP contribution in [0.15, 0.2) is 24.3 Å². The topological polar surface area (TPSA) is 58.2 Å². The predicted octanol–water partition coefficient (Wildman–Crippen LogP) is 1.72. The fourth-order valence-electron chi connectivity index (χ4n) is 1.71. The van der Waals surface area contributed by atoms with E-state index in [9.17, 15) is 22.8 Å². The molecule has 0 aliphatic heterocycles. The first-order valence-electron chi connectivity index (χ1n) is 6.47. The van der Waals surface area contributed by atoms with E-state index in [0.717, 1.165) is 11.1 Å². The summed E-state index contributed by atoms with van der Waals surface area (Å²) in [6.07, 6.45) is -4.08. The number of nitrogens with one attached hydrogen (secondary N) is 2. The van der Waals surface area contributed by atoms with Crippen molar-refractivity contribution in [2.45, 2.75) is 25.9 Å². The van der Waals surface area contributed by atoms with Crippen molar-refractivity contribution in [1.82, 2.24) is 10.6 Å². The molecule has 0 heterocycles. The highest BCUT2D eigenvalue weighted by atomic mass is 19.4. The minimum absolute atomic E-state index is 0.0333. The van der Waals surface area contributed by atoms with Gasteiger partial charge in [-0.15, -0.1) is 0 Å². The van der Waals surface area contributed by atoms with Gasteiger partial charge in [0.05, 0.1) is 0 Å². The lowest BCUT2D eigenvalue weighted by Gasteiger charge is -2.09. The third-order valence-electron chi connectivity index (χ3n) is 2.87. The summed E-state index contributed by atoms with van der Waals surface area (Å²) in [6.45, 7) is 1.66. The number of carbonyl (C=O) groups is 2. The van der Waals surface area contributed by atoms with Crippen molar-refractivity contribution in [2.75, 3.05) is 13.1 Å². The number of halogens is 3. The molecule has 0 aromatic heterocycles. The summed E-state index contributed by atoms with van der Waals surface area (Å²) in [5.74, 6) is -2.27. The van der Waals surface area contributed by atoms with Crippen LogP contribution in [0.1, 0.15) is 17.5 Å². The lowest BCUT2D eigenvalue weighted by Crippen LogP contribution is -2.41. The molecule has 21 heavy (non-hydrogen) atoms. The molecule has 1 rings (SSSR count). The SMILES string of the molecule is Cc1ccccc1CCC(=O)NCCNC(=O)C(F)(F)F. The van der Waals surface area contributed by atoms with Crippen LogP contribution in [0.25, 0.3) is 0 Å². The number of carbonyl (C=O) groups excluding carboxylic acids is 2. The first kappa shape index (κ1) is 17.0. The van der Waals surface area contributed by atoms with Crippen LogP contribution in [0, 0.1) is 6.92 Å². The Hall–Kier alpha value is -2.05. The average Bonchev–Trinajstić information content (AvgIpc) is 2.41. The van der Waals surface area contributed by atoms with Crippen LogP contribution in [0.2, 0.25) is 0 Å². The lowest BCUT2D eigenvalue weighted by atomic mass is 10.0. The van der Waals surface area contributed by atoms with Crippen LogP contribution >= 0.6 is 0 Å². The van der Waals surface area contributed by atoms with E-state index in [2.05, 4.69) is 5.32 Å². The molecule has 0 bridgehead atoms. The zero-order chi connectivity index (χ0) is 15.9. The maximum Gasteiger partial charge on any atom is 0.471 e. The molecule has 0 saturated carbocycles. The molecule has 0 aliphatic carbocycles. The van der Waals surface area contributed by atoms with E-state index >= 15 is 0 Å². The molecule has 4 nitrogen and oxygen atoms in total. The van der Waals surface area contributed by atoms with Crippen molar-refractivity contribution >= 4 is 11.8 Å². The highest BCUT2D eigenvalue weighted by molar-refractivity contribution is 5.81. The maximum absolute atomic E-state index is 11.9. The minimum Gasteiger partial charge on any atom is -0.354 e. The smallest absolute Gasteiger partial charge is 0.354 e.